The van der Waals surface area contributed by atoms with Crippen LogP contribution in [0.2, 0.25) is 0 Å². The van der Waals surface area contributed by atoms with Gasteiger partial charge in [-0.1, -0.05) is 6.42 Å². The number of unbranched alkanes of at least 4 members (excludes halogenated alkanes) is 2. The van der Waals surface area contributed by atoms with Gasteiger partial charge >= 0.3 is 11.9 Å². The minimum absolute atomic E-state index is 0.144. The largest absolute Gasteiger partial charge is 0.469 e. The van der Waals surface area contributed by atoms with Crippen LogP contribution < -0.4 is 10.6 Å². The maximum absolute atomic E-state index is 11.8. The fourth-order valence-corrected chi connectivity index (χ4v) is 2.24. The predicted octanol–water partition coefficient (Wildman–Crippen LogP) is 3.27. The number of methoxy groups -OCH3 is 1. The third-order valence-electron chi connectivity index (χ3n) is 3.29. The van der Waals surface area contributed by atoms with E-state index in [9.17, 15) is 9.59 Å². The average Bonchev–Trinajstić information content (AvgIpc) is 2.57. The van der Waals surface area contributed by atoms with Crippen LogP contribution in [0.4, 0.5) is 5.69 Å². The Kier molecular flexibility index (Phi) is 9.54. The summed E-state index contributed by atoms with van der Waals surface area (Å²) in [5.74, 6) is -0.514. The summed E-state index contributed by atoms with van der Waals surface area (Å²) < 4.78 is 9.73. The van der Waals surface area contributed by atoms with E-state index in [1.165, 1.54) is 7.11 Å². The van der Waals surface area contributed by atoms with Gasteiger partial charge in [0.1, 0.15) is 0 Å². The number of carbonyl (C=O) groups excluding carboxylic acids is 2. The molecule has 0 fully saturated rings. The lowest BCUT2D eigenvalue weighted by Crippen LogP contribution is -2.29. The Balaban J connectivity index is 2.26. The highest BCUT2D eigenvalue weighted by Gasteiger charge is 2.08. The summed E-state index contributed by atoms with van der Waals surface area (Å²) in [7, 11) is 1.40. The summed E-state index contributed by atoms with van der Waals surface area (Å²) in [4.78, 5) is 22.7. The molecule has 0 heterocycles. The fraction of sp³-hybridized carbons (Fsp3) is 0.500. The molecule has 1 aromatic rings. The van der Waals surface area contributed by atoms with Crippen LogP contribution in [0.1, 0.15) is 49.9 Å². The zero-order valence-electron chi connectivity index (χ0n) is 15.0. The first-order valence-corrected chi connectivity index (χ1v) is 8.76. The fourth-order valence-electron chi connectivity index (χ4n) is 2.02. The Morgan fingerprint density at radius 1 is 1.12 bits per heavy atom. The van der Waals surface area contributed by atoms with Crippen LogP contribution >= 0.6 is 12.2 Å². The second kappa shape index (κ2) is 11.4. The number of nitrogens with one attached hydrogen (secondary N) is 2. The maximum atomic E-state index is 11.8. The molecule has 0 unspecified atom stereocenters. The minimum atomic E-state index is -0.339. The van der Waals surface area contributed by atoms with E-state index in [4.69, 9.17) is 17.0 Å². The highest BCUT2D eigenvalue weighted by molar-refractivity contribution is 7.80. The first kappa shape index (κ1) is 20.9. The van der Waals surface area contributed by atoms with E-state index in [1.54, 1.807) is 24.3 Å². The van der Waals surface area contributed by atoms with Gasteiger partial charge in [-0.15, -0.1) is 0 Å². The summed E-state index contributed by atoms with van der Waals surface area (Å²) in [6.45, 7) is 4.35. The van der Waals surface area contributed by atoms with Gasteiger partial charge in [0.2, 0.25) is 0 Å². The van der Waals surface area contributed by atoms with Crippen molar-refractivity contribution in [3.8, 4) is 0 Å². The van der Waals surface area contributed by atoms with E-state index in [0.717, 1.165) is 31.5 Å². The number of hydrogen-bond acceptors (Lipinski definition) is 5. The Morgan fingerprint density at radius 2 is 1.80 bits per heavy atom. The van der Waals surface area contributed by atoms with Gasteiger partial charge in [-0.2, -0.15) is 0 Å². The normalized spacial score (nSPS) is 10.2. The lowest BCUT2D eigenvalue weighted by molar-refractivity contribution is -0.140. The molecule has 1 rings (SSSR count). The molecule has 0 bridgehead atoms. The molecule has 0 amide bonds. The number of anilines is 1. The molecule has 0 aliphatic heterocycles. The van der Waals surface area contributed by atoms with Gasteiger partial charge in [-0.3, -0.25) is 4.79 Å². The van der Waals surface area contributed by atoms with Crippen molar-refractivity contribution >= 4 is 35.0 Å². The number of rotatable bonds is 9. The smallest absolute Gasteiger partial charge is 0.338 e. The van der Waals surface area contributed by atoms with Crippen LogP contribution in [0.15, 0.2) is 24.3 Å². The molecular weight excluding hydrogens is 340 g/mol. The molecule has 0 atom stereocenters. The van der Waals surface area contributed by atoms with Crippen molar-refractivity contribution in [1.82, 2.24) is 5.32 Å². The molecular formula is C18H26N2O4S. The van der Waals surface area contributed by atoms with Gasteiger partial charge in [-0.05, 0) is 63.2 Å². The van der Waals surface area contributed by atoms with E-state index in [0.29, 0.717) is 17.1 Å². The number of hydrogen-bond donors (Lipinski definition) is 2. The zero-order valence-corrected chi connectivity index (χ0v) is 15.8. The summed E-state index contributed by atoms with van der Waals surface area (Å²) >= 11 is 5.23. The molecule has 0 saturated carbocycles. The molecule has 0 radical (unpaired) electrons. The van der Waals surface area contributed by atoms with Gasteiger partial charge in [-0.25, -0.2) is 4.79 Å². The number of benzene rings is 1. The Bertz CT molecular complexity index is 573. The maximum Gasteiger partial charge on any atom is 0.338 e. The van der Waals surface area contributed by atoms with Crippen LogP contribution in [-0.4, -0.2) is 36.8 Å². The zero-order chi connectivity index (χ0) is 18.7. The Morgan fingerprint density at radius 3 is 2.40 bits per heavy atom. The van der Waals surface area contributed by atoms with Crippen molar-refractivity contribution in [3.63, 3.8) is 0 Å². The van der Waals surface area contributed by atoms with E-state index in [-0.39, 0.29) is 18.0 Å². The van der Waals surface area contributed by atoms with Crippen LogP contribution in [0.25, 0.3) is 0 Å². The quantitative estimate of drug-likeness (QED) is 0.394. The molecule has 0 aliphatic rings. The highest BCUT2D eigenvalue weighted by Crippen LogP contribution is 2.11. The van der Waals surface area contributed by atoms with Crippen molar-refractivity contribution < 1.29 is 19.1 Å². The molecule has 1 aromatic carbocycles. The topological polar surface area (TPSA) is 76.7 Å². The molecule has 6 nitrogen and oxygen atoms in total. The third-order valence-corrected chi connectivity index (χ3v) is 3.54. The number of ether oxygens (including phenoxy) is 2. The predicted molar refractivity (Wildman–Crippen MR) is 102 cm³/mol. The minimum Gasteiger partial charge on any atom is -0.469 e. The van der Waals surface area contributed by atoms with Crippen molar-refractivity contribution in [1.29, 1.82) is 0 Å². The van der Waals surface area contributed by atoms with Crippen molar-refractivity contribution in [2.75, 3.05) is 19.0 Å². The Labute approximate surface area is 154 Å². The molecule has 0 saturated heterocycles. The van der Waals surface area contributed by atoms with Crippen LogP contribution in [0.3, 0.4) is 0 Å². The summed E-state index contributed by atoms with van der Waals surface area (Å²) in [6, 6.07) is 6.95. The molecule has 0 aliphatic carbocycles. The third kappa shape index (κ3) is 9.05. The monoisotopic (exact) mass is 366 g/mol. The second-order valence-electron chi connectivity index (χ2n) is 5.80. The van der Waals surface area contributed by atoms with Gasteiger partial charge in [0.15, 0.2) is 5.11 Å². The summed E-state index contributed by atoms with van der Waals surface area (Å²) in [5.41, 5.74) is 1.30. The summed E-state index contributed by atoms with van der Waals surface area (Å²) in [5, 5.41) is 6.69. The van der Waals surface area contributed by atoms with Crippen LogP contribution in [0.5, 0.6) is 0 Å². The number of esters is 2. The lowest BCUT2D eigenvalue weighted by Gasteiger charge is -2.11. The molecule has 0 spiro atoms. The van der Waals surface area contributed by atoms with Gasteiger partial charge in [0, 0.05) is 18.7 Å². The first-order valence-electron chi connectivity index (χ1n) is 8.35. The Hall–Kier alpha value is -2.15. The van der Waals surface area contributed by atoms with E-state index in [2.05, 4.69) is 15.4 Å². The van der Waals surface area contributed by atoms with Crippen molar-refractivity contribution in [2.45, 2.75) is 45.6 Å². The van der Waals surface area contributed by atoms with Gasteiger partial charge in [0.05, 0.1) is 18.8 Å². The van der Waals surface area contributed by atoms with E-state index in [1.807, 2.05) is 13.8 Å². The molecule has 2 N–H and O–H groups in total. The average molecular weight is 366 g/mol. The standard InChI is InChI=1S/C18H26N2O4S/c1-13(2)24-17(22)14-8-10-15(11-9-14)20-18(25)19-12-6-4-5-7-16(21)23-3/h8-11,13H,4-7,12H2,1-3H3,(H2,19,20,25). The molecule has 0 aromatic heterocycles. The first-order chi connectivity index (χ1) is 11.9. The number of thiocarbonyl (C=S) groups is 1. The number of carbonyl (C=O) groups is 2. The van der Waals surface area contributed by atoms with Gasteiger partial charge in [0.25, 0.3) is 0 Å². The SMILES string of the molecule is COC(=O)CCCCCNC(=S)Nc1ccc(C(=O)OC(C)C)cc1. The molecule has 7 heteroatoms. The van der Waals surface area contributed by atoms with E-state index >= 15 is 0 Å². The van der Waals surface area contributed by atoms with E-state index < -0.39 is 0 Å². The van der Waals surface area contributed by atoms with Crippen molar-refractivity contribution in [3.05, 3.63) is 29.8 Å². The van der Waals surface area contributed by atoms with Crippen LogP contribution in [0, 0.1) is 0 Å². The van der Waals surface area contributed by atoms with Crippen LogP contribution in [-0.2, 0) is 14.3 Å². The lowest BCUT2D eigenvalue weighted by atomic mass is 10.2. The molecule has 138 valence electrons. The highest BCUT2D eigenvalue weighted by atomic mass is 32.1. The summed E-state index contributed by atoms with van der Waals surface area (Å²) in [6.07, 6.45) is 2.96. The van der Waals surface area contributed by atoms with Gasteiger partial charge < -0.3 is 20.1 Å². The second-order valence-corrected chi connectivity index (χ2v) is 6.21. The van der Waals surface area contributed by atoms with Crippen molar-refractivity contribution in [2.24, 2.45) is 0 Å². The molecule has 25 heavy (non-hydrogen) atoms.